The topological polar surface area (TPSA) is 50.4 Å². The number of amides is 1. The maximum Gasteiger partial charge on any atom is 0.407 e. The molecule has 4 heteroatoms. The minimum absolute atomic E-state index is 0.0232. The SMILES string of the molecule is C/C=C/CNC(C)C(C)NC(=O)OC(C)(C)C. The molecule has 0 aromatic heterocycles. The van der Waals surface area contributed by atoms with Crippen molar-refractivity contribution in [3.05, 3.63) is 12.2 Å². The van der Waals surface area contributed by atoms with Crippen molar-refractivity contribution in [1.29, 1.82) is 0 Å². The number of carbonyl (C=O) groups excluding carboxylic acids is 1. The summed E-state index contributed by atoms with van der Waals surface area (Å²) in [6.07, 6.45) is 3.66. The fourth-order valence-electron chi connectivity index (χ4n) is 1.17. The van der Waals surface area contributed by atoms with Crippen molar-refractivity contribution < 1.29 is 9.53 Å². The third kappa shape index (κ3) is 8.74. The number of carbonyl (C=O) groups is 1. The van der Waals surface area contributed by atoms with Gasteiger partial charge >= 0.3 is 6.09 Å². The smallest absolute Gasteiger partial charge is 0.407 e. The zero-order chi connectivity index (χ0) is 13.5. The molecule has 0 aliphatic rings. The molecular weight excluding hydrogens is 216 g/mol. The van der Waals surface area contributed by atoms with Crippen LogP contribution in [-0.2, 0) is 4.74 Å². The van der Waals surface area contributed by atoms with Crippen LogP contribution in [0.15, 0.2) is 12.2 Å². The number of rotatable bonds is 5. The second kappa shape index (κ2) is 7.33. The van der Waals surface area contributed by atoms with E-state index >= 15 is 0 Å². The Labute approximate surface area is 105 Å². The Morgan fingerprint density at radius 1 is 1.29 bits per heavy atom. The van der Waals surface area contributed by atoms with Gasteiger partial charge in [-0.3, -0.25) is 0 Å². The van der Waals surface area contributed by atoms with Crippen molar-refractivity contribution in [2.75, 3.05) is 6.54 Å². The number of nitrogens with one attached hydrogen (secondary N) is 2. The van der Waals surface area contributed by atoms with E-state index in [1.165, 1.54) is 0 Å². The Morgan fingerprint density at radius 2 is 1.88 bits per heavy atom. The summed E-state index contributed by atoms with van der Waals surface area (Å²) in [5.41, 5.74) is -0.453. The van der Waals surface area contributed by atoms with Crippen LogP contribution in [-0.4, -0.2) is 30.3 Å². The van der Waals surface area contributed by atoms with Crippen LogP contribution in [0.2, 0.25) is 0 Å². The molecule has 0 rings (SSSR count). The van der Waals surface area contributed by atoms with Gasteiger partial charge in [-0.25, -0.2) is 4.79 Å². The molecule has 0 aliphatic carbocycles. The third-order valence-electron chi connectivity index (χ3n) is 2.29. The molecule has 2 unspecified atom stereocenters. The minimum Gasteiger partial charge on any atom is -0.444 e. The summed E-state index contributed by atoms with van der Waals surface area (Å²) in [5, 5.41) is 6.11. The van der Waals surface area contributed by atoms with Gasteiger partial charge in [0.1, 0.15) is 5.60 Å². The molecule has 1 amide bonds. The highest BCUT2D eigenvalue weighted by atomic mass is 16.6. The molecule has 2 atom stereocenters. The lowest BCUT2D eigenvalue weighted by Crippen LogP contribution is -2.48. The van der Waals surface area contributed by atoms with E-state index in [2.05, 4.69) is 10.6 Å². The number of allylic oxidation sites excluding steroid dienone is 1. The van der Waals surface area contributed by atoms with E-state index < -0.39 is 5.60 Å². The van der Waals surface area contributed by atoms with Gasteiger partial charge in [0.15, 0.2) is 0 Å². The van der Waals surface area contributed by atoms with Crippen molar-refractivity contribution in [3.63, 3.8) is 0 Å². The predicted molar refractivity (Wildman–Crippen MR) is 71.1 cm³/mol. The summed E-state index contributed by atoms with van der Waals surface area (Å²) >= 11 is 0. The van der Waals surface area contributed by atoms with E-state index in [-0.39, 0.29) is 18.2 Å². The van der Waals surface area contributed by atoms with Crippen LogP contribution in [0.25, 0.3) is 0 Å². The van der Waals surface area contributed by atoms with Gasteiger partial charge in [-0.15, -0.1) is 0 Å². The number of alkyl carbamates (subject to hydrolysis) is 1. The molecule has 0 saturated heterocycles. The van der Waals surface area contributed by atoms with E-state index in [4.69, 9.17) is 4.74 Å². The first-order valence-corrected chi connectivity index (χ1v) is 6.10. The lowest BCUT2D eigenvalue weighted by Gasteiger charge is -2.25. The highest BCUT2D eigenvalue weighted by Crippen LogP contribution is 2.07. The van der Waals surface area contributed by atoms with E-state index in [1.807, 2.05) is 53.7 Å². The zero-order valence-electron chi connectivity index (χ0n) is 11.8. The highest BCUT2D eigenvalue weighted by Gasteiger charge is 2.19. The van der Waals surface area contributed by atoms with Crippen molar-refractivity contribution in [3.8, 4) is 0 Å². The quantitative estimate of drug-likeness (QED) is 0.728. The molecule has 0 spiro atoms. The lowest BCUT2D eigenvalue weighted by molar-refractivity contribution is 0.0500. The Kier molecular flexibility index (Phi) is 6.88. The zero-order valence-corrected chi connectivity index (χ0v) is 11.8. The molecule has 4 nitrogen and oxygen atoms in total. The van der Waals surface area contributed by atoms with Crippen LogP contribution in [0.5, 0.6) is 0 Å². The fourth-order valence-corrected chi connectivity index (χ4v) is 1.17. The van der Waals surface area contributed by atoms with Gasteiger partial charge in [-0.05, 0) is 41.5 Å². The average Bonchev–Trinajstić information content (AvgIpc) is 2.14. The van der Waals surface area contributed by atoms with Gasteiger partial charge in [0.05, 0.1) is 0 Å². The van der Waals surface area contributed by atoms with Crippen molar-refractivity contribution in [2.24, 2.45) is 0 Å². The first kappa shape index (κ1) is 16.0. The Hall–Kier alpha value is -1.03. The largest absolute Gasteiger partial charge is 0.444 e. The Bertz CT molecular complexity index is 257. The van der Waals surface area contributed by atoms with Gasteiger partial charge < -0.3 is 15.4 Å². The minimum atomic E-state index is -0.453. The maximum atomic E-state index is 11.5. The van der Waals surface area contributed by atoms with Crippen LogP contribution in [0.3, 0.4) is 0 Å². The molecular formula is C13H26N2O2. The summed E-state index contributed by atoms with van der Waals surface area (Å²) in [6, 6.07) is 0.217. The Morgan fingerprint density at radius 3 is 2.35 bits per heavy atom. The normalized spacial score (nSPS) is 15.6. The van der Waals surface area contributed by atoms with E-state index in [1.54, 1.807) is 0 Å². The third-order valence-corrected chi connectivity index (χ3v) is 2.29. The van der Waals surface area contributed by atoms with E-state index in [0.29, 0.717) is 0 Å². The number of hydrogen-bond acceptors (Lipinski definition) is 3. The average molecular weight is 242 g/mol. The molecule has 100 valence electrons. The van der Waals surface area contributed by atoms with Crippen LogP contribution in [0, 0.1) is 0 Å². The summed E-state index contributed by atoms with van der Waals surface area (Å²) in [7, 11) is 0. The number of ether oxygens (including phenoxy) is 1. The molecule has 0 aromatic rings. The molecule has 0 fully saturated rings. The van der Waals surface area contributed by atoms with Gasteiger partial charge in [-0.1, -0.05) is 12.2 Å². The second-order valence-corrected chi connectivity index (χ2v) is 5.20. The first-order chi connectivity index (χ1) is 7.76. The van der Waals surface area contributed by atoms with Crippen molar-refractivity contribution in [1.82, 2.24) is 10.6 Å². The molecule has 0 heterocycles. The van der Waals surface area contributed by atoms with Gasteiger partial charge in [-0.2, -0.15) is 0 Å². The summed E-state index contributed by atoms with van der Waals surface area (Å²) in [6.45, 7) is 12.3. The van der Waals surface area contributed by atoms with Crippen LogP contribution in [0.4, 0.5) is 4.79 Å². The van der Waals surface area contributed by atoms with Gasteiger partial charge in [0.2, 0.25) is 0 Å². The van der Waals surface area contributed by atoms with Crippen LogP contribution in [0.1, 0.15) is 41.5 Å². The summed E-state index contributed by atoms with van der Waals surface area (Å²) in [5.74, 6) is 0. The van der Waals surface area contributed by atoms with Crippen molar-refractivity contribution in [2.45, 2.75) is 59.2 Å². The first-order valence-electron chi connectivity index (χ1n) is 6.10. The fraction of sp³-hybridized carbons (Fsp3) is 0.769. The second-order valence-electron chi connectivity index (χ2n) is 5.20. The van der Waals surface area contributed by atoms with Crippen LogP contribution < -0.4 is 10.6 Å². The van der Waals surface area contributed by atoms with Gasteiger partial charge in [0, 0.05) is 18.6 Å². The molecule has 0 bridgehead atoms. The standard InChI is InChI=1S/C13H26N2O2/c1-7-8-9-14-10(2)11(3)15-12(16)17-13(4,5)6/h7-8,10-11,14H,9H2,1-6H3,(H,15,16)/b8-7+. The summed E-state index contributed by atoms with van der Waals surface area (Å²) in [4.78, 5) is 11.5. The Balaban J connectivity index is 3.98. The van der Waals surface area contributed by atoms with E-state index in [9.17, 15) is 4.79 Å². The predicted octanol–water partition coefficient (Wildman–Crippen LogP) is 2.45. The monoisotopic (exact) mass is 242 g/mol. The molecule has 17 heavy (non-hydrogen) atoms. The molecule has 0 aliphatic heterocycles. The molecule has 0 radical (unpaired) electrons. The molecule has 2 N–H and O–H groups in total. The number of hydrogen-bond donors (Lipinski definition) is 2. The summed E-state index contributed by atoms with van der Waals surface area (Å²) < 4.78 is 5.19. The van der Waals surface area contributed by atoms with Crippen LogP contribution >= 0.6 is 0 Å². The van der Waals surface area contributed by atoms with Gasteiger partial charge in [0.25, 0.3) is 0 Å². The van der Waals surface area contributed by atoms with E-state index in [0.717, 1.165) is 6.54 Å². The lowest BCUT2D eigenvalue weighted by atomic mass is 10.1. The molecule has 0 saturated carbocycles. The maximum absolute atomic E-state index is 11.5. The van der Waals surface area contributed by atoms with Crippen molar-refractivity contribution >= 4 is 6.09 Å². The highest BCUT2D eigenvalue weighted by molar-refractivity contribution is 5.68. The molecule has 0 aromatic carbocycles.